The third-order valence-electron chi connectivity index (χ3n) is 6.74. The highest BCUT2D eigenvalue weighted by atomic mass is 35.5. The van der Waals surface area contributed by atoms with E-state index in [9.17, 15) is 5.26 Å². The Hall–Kier alpha value is -2.29. The van der Waals surface area contributed by atoms with Crippen LogP contribution in [-0.4, -0.2) is 39.3 Å². The van der Waals surface area contributed by atoms with Gasteiger partial charge in [0.2, 0.25) is 0 Å². The van der Waals surface area contributed by atoms with Crippen molar-refractivity contribution in [3.05, 3.63) is 75.3 Å². The minimum Gasteiger partial charge on any atom is -0.495 e. The average Bonchev–Trinajstić information content (AvgIpc) is 2.82. The normalized spacial score (nSPS) is 17.1. The molecule has 166 valence electrons. The largest absolute Gasteiger partial charge is 0.495 e. The number of likely N-dealkylation sites (tertiary alicyclic amines) is 1. The first kappa shape index (κ1) is 22.9. The van der Waals surface area contributed by atoms with Crippen LogP contribution in [0.15, 0.2) is 48.5 Å². The second kappa shape index (κ2) is 9.29. The van der Waals surface area contributed by atoms with Crippen molar-refractivity contribution in [1.29, 1.82) is 5.26 Å². The lowest BCUT2D eigenvalue weighted by molar-refractivity contribution is -0.00142. The summed E-state index contributed by atoms with van der Waals surface area (Å²) in [6.45, 7) is 1.83. The SMILES string of the molecule is COc1c(C#N)cc2ccccc2c1C(OC)C1(c2ccc(Cl)c(Cl)c2)CCN(C)CC1. The summed E-state index contributed by atoms with van der Waals surface area (Å²) in [5.74, 6) is 0.566. The molecule has 4 rings (SSSR count). The Kier molecular flexibility index (Phi) is 6.65. The van der Waals surface area contributed by atoms with Gasteiger partial charge in [-0.05, 0) is 67.5 Å². The van der Waals surface area contributed by atoms with E-state index < -0.39 is 0 Å². The fourth-order valence-electron chi connectivity index (χ4n) is 5.07. The van der Waals surface area contributed by atoms with Crippen LogP contribution in [0.4, 0.5) is 0 Å². The monoisotopic (exact) mass is 468 g/mol. The number of rotatable bonds is 5. The molecule has 1 aliphatic rings. The topological polar surface area (TPSA) is 45.5 Å². The van der Waals surface area contributed by atoms with Crippen LogP contribution >= 0.6 is 23.2 Å². The van der Waals surface area contributed by atoms with Crippen LogP contribution in [0.5, 0.6) is 5.75 Å². The van der Waals surface area contributed by atoms with Gasteiger partial charge in [-0.15, -0.1) is 0 Å². The number of nitriles is 1. The van der Waals surface area contributed by atoms with E-state index in [1.165, 1.54) is 0 Å². The zero-order chi connectivity index (χ0) is 22.9. The maximum atomic E-state index is 9.87. The van der Waals surface area contributed by atoms with Crippen LogP contribution in [0.1, 0.15) is 35.6 Å². The third kappa shape index (κ3) is 3.84. The Morgan fingerprint density at radius 2 is 1.75 bits per heavy atom. The van der Waals surface area contributed by atoms with Gasteiger partial charge in [-0.3, -0.25) is 0 Å². The summed E-state index contributed by atoms with van der Waals surface area (Å²) in [7, 11) is 5.48. The number of ether oxygens (including phenoxy) is 2. The minimum absolute atomic E-state index is 0.346. The third-order valence-corrected chi connectivity index (χ3v) is 7.48. The van der Waals surface area contributed by atoms with Crippen molar-refractivity contribution < 1.29 is 9.47 Å². The first-order valence-electron chi connectivity index (χ1n) is 10.6. The molecule has 1 aliphatic heterocycles. The smallest absolute Gasteiger partial charge is 0.143 e. The molecule has 0 saturated carbocycles. The van der Waals surface area contributed by atoms with E-state index in [2.05, 4.69) is 24.1 Å². The summed E-state index contributed by atoms with van der Waals surface area (Å²) in [6.07, 6.45) is 1.39. The minimum atomic E-state index is -0.361. The van der Waals surface area contributed by atoms with Crippen LogP contribution in [0.25, 0.3) is 10.8 Å². The van der Waals surface area contributed by atoms with Crippen LogP contribution in [0.2, 0.25) is 10.0 Å². The van der Waals surface area contributed by atoms with Crippen LogP contribution in [0, 0.1) is 11.3 Å². The molecule has 0 amide bonds. The van der Waals surface area contributed by atoms with E-state index in [1.807, 2.05) is 42.5 Å². The van der Waals surface area contributed by atoms with Gasteiger partial charge < -0.3 is 14.4 Å². The lowest BCUT2D eigenvalue weighted by atomic mass is 9.66. The summed E-state index contributed by atoms with van der Waals surface area (Å²) in [5, 5.41) is 12.9. The molecule has 1 fully saturated rings. The predicted octanol–water partition coefficient (Wildman–Crippen LogP) is 6.38. The molecule has 6 heteroatoms. The molecule has 4 nitrogen and oxygen atoms in total. The van der Waals surface area contributed by atoms with Crippen molar-refractivity contribution in [2.75, 3.05) is 34.4 Å². The maximum Gasteiger partial charge on any atom is 0.143 e. The number of halogens is 2. The number of methoxy groups -OCH3 is 2. The van der Waals surface area contributed by atoms with Gasteiger partial charge in [0.05, 0.1) is 28.8 Å². The molecule has 0 aromatic heterocycles. The number of benzene rings is 3. The van der Waals surface area contributed by atoms with Crippen molar-refractivity contribution in [2.24, 2.45) is 0 Å². The molecular weight excluding hydrogens is 443 g/mol. The van der Waals surface area contributed by atoms with Crippen molar-refractivity contribution >= 4 is 34.0 Å². The lowest BCUT2D eigenvalue weighted by Crippen LogP contribution is -2.45. The Balaban J connectivity index is 2.02. The zero-order valence-electron chi connectivity index (χ0n) is 18.5. The fraction of sp³-hybridized carbons (Fsp3) is 0.346. The second-order valence-electron chi connectivity index (χ2n) is 8.41. The van der Waals surface area contributed by atoms with E-state index in [-0.39, 0.29) is 11.5 Å². The first-order valence-corrected chi connectivity index (χ1v) is 11.4. The highest BCUT2D eigenvalue weighted by Crippen LogP contribution is 2.52. The van der Waals surface area contributed by atoms with E-state index in [0.717, 1.165) is 47.8 Å². The molecule has 0 aliphatic carbocycles. The van der Waals surface area contributed by atoms with Crippen LogP contribution in [-0.2, 0) is 10.2 Å². The second-order valence-corrected chi connectivity index (χ2v) is 9.22. The van der Waals surface area contributed by atoms with Gasteiger partial charge in [-0.1, -0.05) is 53.5 Å². The summed E-state index contributed by atoms with van der Waals surface area (Å²) < 4.78 is 12.1. The van der Waals surface area contributed by atoms with Crippen LogP contribution in [0.3, 0.4) is 0 Å². The molecule has 3 aromatic carbocycles. The molecule has 0 bridgehead atoms. The lowest BCUT2D eigenvalue weighted by Gasteiger charge is -2.46. The predicted molar refractivity (Wildman–Crippen MR) is 130 cm³/mol. The fourth-order valence-corrected chi connectivity index (χ4v) is 5.36. The number of hydrogen-bond donors (Lipinski definition) is 0. The average molecular weight is 469 g/mol. The van der Waals surface area contributed by atoms with Gasteiger partial charge in [0.1, 0.15) is 11.8 Å². The number of hydrogen-bond acceptors (Lipinski definition) is 4. The van der Waals surface area contributed by atoms with Gasteiger partial charge in [-0.2, -0.15) is 5.26 Å². The summed E-state index contributed by atoms with van der Waals surface area (Å²) in [4.78, 5) is 2.32. The highest BCUT2D eigenvalue weighted by Gasteiger charge is 2.45. The van der Waals surface area contributed by atoms with Crippen molar-refractivity contribution in [2.45, 2.75) is 24.4 Å². The Morgan fingerprint density at radius 1 is 1.03 bits per heavy atom. The van der Waals surface area contributed by atoms with E-state index >= 15 is 0 Å². The first-order chi connectivity index (χ1) is 15.4. The highest BCUT2D eigenvalue weighted by molar-refractivity contribution is 6.42. The van der Waals surface area contributed by atoms with Crippen LogP contribution < -0.4 is 4.74 Å². The number of fused-ring (bicyclic) bond motifs is 1. The van der Waals surface area contributed by atoms with E-state index in [1.54, 1.807) is 14.2 Å². The van der Waals surface area contributed by atoms with Crippen molar-refractivity contribution in [3.63, 3.8) is 0 Å². The quantitative estimate of drug-likeness (QED) is 0.435. The summed E-state index contributed by atoms with van der Waals surface area (Å²) in [5.41, 5.74) is 2.13. The molecule has 1 saturated heterocycles. The molecule has 0 N–H and O–H groups in total. The van der Waals surface area contributed by atoms with Crippen molar-refractivity contribution in [1.82, 2.24) is 4.90 Å². The zero-order valence-corrected chi connectivity index (χ0v) is 20.0. The number of piperidine rings is 1. The van der Waals surface area contributed by atoms with Gasteiger partial charge in [0.15, 0.2) is 0 Å². The summed E-state index contributed by atoms with van der Waals surface area (Å²) >= 11 is 12.7. The van der Waals surface area contributed by atoms with E-state index in [4.69, 9.17) is 32.7 Å². The molecule has 32 heavy (non-hydrogen) atoms. The molecule has 0 spiro atoms. The maximum absolute atomic E-state index is 9.87. The molecular formula is C26H26Cl2N2O2. The molecule has 1 atom stereocenters. The standard InChI is InChI=1S/C26H26Cl2N2O2/c1-30-12-10-26(11-13-30,19-8-9-21(27)22(28)15-19)25(32-3)23-20-7-5-4-6-17(20)14-18(16-29)24(23)31-2/h4-9,14-15,25H,10-13H2,1-3H3. The van der Waals surface area contributed by atoms with Crippen molar-refractivity contribution in [3.8, 4) is 11.8 Å². The molecule has 1 unspecified atom stereocenters. The Labute approximate surface area is 199 Å². The Bertz CT molecular complexity index is 1180. The molecule has 0 radical (unpaired) electrons. The van der Waals surface area contributed by atoms with Gasteiger partial charge in [0.25, 0.3) is 0 Å². The Morgan fingerprint density at radius 3 is 2.38 bits per heavy atom. The van der Waals surface area contributed by atoms with Gasteiger partial charge >= 0.3 is 0 Å². The van der Waals surface area contributed by atoms with E-state index in [0.29, 0.717) is 21.4 Å². The molecule has 3 aromatic rings. The number of nitrogens with zero attached hydrogens (tertiary/aromatic N) is 2. The molecule has 1 heterocycles. The summed E-state index contributed by atoms with van der Waals surface area (Å²) in [6, 6.07) is 18.1. The van der Waals surface area contributed by atoms with Gasteiger partial charge in [0, 0.05) is 18.1 Å². The van der Waals surface area contributed by atoms with Gasteiger partial charge in [-0.25, -0.2) is 0 Å².